The molecule has 0 amide bonds. The quantitative estimate of drug-likeness (QED) is 0.448. The van der Waals surface area contributed by atoms with Crippen LogP contribution in [0.4, 0.5) is 0 Å². The minimum absolute atomic E-state index is 0.00638. The first kappa shape index (κ1) is 17.3. The molecule has 0 aliphatic heterocycles. The second-order valence-electron chi connectivity index (χ2n) is 4.96. The maximum absolute atomic E-state index is 12.7. The van der Waals surface area contributed by atoms with Gasteiger partial charge in [0.2, 0.25) is 0 Å². The Morgan fingerprint density at radius 2 is 1.95 bits per heavy atom. The van der Waals surface area contributed by atoms with Crippen LogP contribution in [0.3, 0.4) is 0 Å². The van der Waals surface area contributed by atoms with E-state index in [2.05, 4.69) is 10.1 Å². The van der Waals surface area contributed by atoms with Crippen molar-refractivity contribution in [1.29, 1.82) is 0 Å². The summed E-state index contributed by atoms with van der Waals surface area (Å²) >= 11 is 0. The predicted molar refractivity (Wildman–Crippen MR) is 80.5 cm³/mol. The average molecular weight is 293 g/mol. The Morgan fingerprint density at radius 1 is 1.24 bits per heavy atom. The fourth-order valence-corrected chi connectivity index (χ4v) is 2.03. The van der Waals surface area contributed by atoms with Gasteiger partial charge < -0.3 is 14.8 Å². The van der Waals surface area contributed by atoms with Crippen LogP contribution in [0, 0.1) is 13.8 Å². The summed E-state index contributed by atoms with van der Waals surface area (Å²) < 4.78 is 9.63. The van der Waals surface area contributed by atoms with Gasteiger partial charge in [0, 0.05) is 19.2 Å². The van der Waals surface area contributed by atoms with Gasteiger partial charge in [0.1, 0.15) is 0 Å². The van der Waals surface area contributed by atoms with Crippen molar-refractivity contribution in [2.45, 2.75) is 26.3 Å². The molecule has 0 aliphatic carbocycles. The molecule has 1 aromatic rings. The number of benzene rings is 1. The number of methoxy groups -OCH3 is 2. The molecule has 5 heteroatoms. The number of nitrogens with one attached hydrogen (secondary N) is 1. The molecule has 1 N–H and O–H groups in total. The maximum atomic E-state index is 12.7. The van der Waals surface area contributed by atoms with Gasteiger partial charge in [-0.25, -0.2) is 0 Å². The molecule has 116 valence electrons. The van der Waals surface area contributed by atoms with Gasteiger partial charge in [-0.2, -0.15) is 0 Å². The molecule has 1 aromatic carbocycles. The van der Waals surface area contributed by atoms with Crippen molar-refractivity contribution in [2.75, 3.05) is 27.4 Å². The van der Waals surface area contributed by atoms with Crippen molar-refractivity contribution >= 4 is 11.8 Å². The van der Waals surface area contributed by atoms with E-state index in [1.807, 2.05) is 32.0 Å². The minimum Gasteiger partial charge on any atom is -0.469 e. The molecular weight excluding hydrogens is 270 g/mol. The molecule has 0 radical (unpaired) electrons. The number of carbonyl (C=O) groups excluding carboxylic acids is 2. The molecule has 0 spiro atoms. The van der Waals surface area contributed by atoms with E-state index in [0.29, 0.717) is 18.7 Å². The van der Waals surface area contributed by atoms with Crippen molar-refractivity contribution < 1.29 is 19.1 Å². The lowest BCUT2D eigenvalue weighted by Gasteiger charge is -2.18. The monoisotopic (exact) mass is 293 g/mol. The lowest BCUT2D eigenvalue weighted by atomic mass is 9.96. The van der Waals surface area contributed by atoms with Crippen LogP contribution >= 0.6 is 0 Å². The van der Waals surface area contributed by atoms with Gasteiger partial charge in [-0.1, -0.05) is 17.7 Å². The molecular formula is C16H23NO4. The molecule has 5 nitrogen and oxygen atoms in total. The number of carbonyl (C=O) groups is 2. The third-order valence-corrected chi connectivity index (χ3v) is 3.27. The number of ether oxygens (including phenoxy) is 2. The number of hydrogen-bond donors (Lipinski definition) is 1. The van der Waals surface area contributed by atoms with Crippen LogP contribution in [0.5, 0.6) is 0 Å². The van der Waals surface area contributed by atoms with Gasteiger partial charge in [0.15, 0.2) is 5.78 Å². The summed E-state index contributed by atoms with van der Waals surface area (Å²) in [4.78, 5) is 24.1. The van der Waals surface area contributed by atoms with Crippen LogP contribution in [0.25, 0.3) is 0 Å². The van der Waals surface area contributed by atoms with E-state index in [1.54, 1.807) is 7.11 Å². The van der Waals surface area contributed by atoms with Gasteiger partial charge in [0.25, 0.3) is 0 Å². The third kappa shape index (κ3) is 5.28. The minimum atomic E-state index is -0.604. The molecule has 21 heavy (non-hydrogen) atoms. The second-order valence-corrected chi connectivity index (χ2v) is 4.96. The molecule has 1 atom stereocenters. The summed E-state index contributed by atoms with van der Waals surface area (Å²) in [7, 11) is 2.90. The van der Waals surface area contributed by atoms with E-state index >= 15 is 0 Å². The van der Waals surface area contributed by atoms with Crippen molar-refractivity contribution in [3.63, 3.8) is 0 Å². The zero-order valence-corrected chi connectivity index (χ0v) is 13.1. The largest absolute Gasteiger partial charge is 0.469 e. The summed E-state index contributed by atoms with van der Waals surface area (Å²) in [6, 6.07) is 5.11. The Balaban J connectivity index is 2.91. The summed E-state index contributed by atoms with van der Waals surface area (Å²) in [5, 5.41) is 3.06. The van der Waals surface area contributed by atoms with Gasteiger partial charge in [-0.15, -0.1) is 0 Å². The highest BCUT2D eigenvalue weighted by Gasteiger charge is 2.24. The van der Waals surface area contributed by atoms with Crippen LogP contribution in [-0.4, -0.2) is 45.2 Å². The number of ketones is 1. The summed E-state index contributed by atoms with van der Waals surface area (Å²) in [6.45, 7) is 4.79. The summed E-state index contributed by atoms with van der Waals surface area (Å²) in [5.41, 5.74) is 2.54. The highest BCUT2D eigenvalue weighted by atomic mass is 16.5. The number of Topliss-reactive ketones (excluding diaryl/α,β-unsaturated/α-hetero) is 1. The Morgan fingerprint density at radius 3 is 2.57 bits per heavy atom. The lowest BCUT2D eigenvalue weighted by Crippen LogP contribution is -2.40. The van der Waals surface area contributed by atoms with Crippen LogP contribution in [-0.2, 0) is 14.3 Å². The van der Waals surface area contributed by atoms with Gasteiger partial charge in [0.05, 0.1) is 26.2 Å². The number of esters is 1. The third-order valence-electron chi connectivity index (χ3n) is 3.27. The molecule has 1 unspecified atom stereocenters. The normalized spacial score (nSPS) is 12.0. The summed E-state index contributed by atoms with van der Waals surface area (Å²) in [5.74, 6) is -0.513. The van der Waals surface area contributed by atoms with Crippen LogP contribution in [0.1, 0.15) is 27.9 Å². The Hall–Kier alpha value is -1.72. The van der Waals surface area contributed by atoms with Crippen LogP contribution < -0.4 is 5.32 Å². The van der Waals surface area contributed by atoms with E-state index in [-0.39, 0.29) is 12.2 Å². The highest BCUT2D eigenvalue weighted by molar-refractivity contribution is 6.03. The Labute approximate surface area is 125 Å². The van der Waals surface area contributed by atoms with Crippen molar-refractivity contribution in [3.8, 4) is 0 Å². The second kappa shape index (κ2) is 8.54. The van der Waals surface area contributed by atoms with Gasteiger partial charge in [-0.05, 0) is 25.5 Å². The Kier molecular flexibility index (Phi) is 7.05. The molecule has 0 aromatic heterocycles. The fraction of sp³-hybridized carbons (Fsp3) is 0.500. The first-order chi connectivity index (χ1) is 9.99. The lowest BCUT2D eigenvalue weighted by molar-refractivity contribution is -0.141. The van der Waals surface area contributed by atoms with Crippen molar-refractivity contribution in [1.82, 2.24) is 5.32 Å². The van der Waals surface area contributed by atoms with Crippen LogP contribution in [0.15, 0.2) is 18.2 Å². The number of rotatable bonds is 8. The Bertz CT molecular complexity index is 499. The fourth-order valence-electron chi connectivity index (χ4n) is 2.03. The van der Waals surface area contributed by atoms with Crippen molar-refractivity contribution in [2.24, 2.45) is 0 Å². The molecule has 0 bridgehead atoms. The van der Waals surface area contributed by atoms with Crippen molar-refractivity contribution in [3.05, 3.63) is 34.9 Å². The first-order valence-corrected chi connectivity index (χ1v) is 6.90. The first-order valence-electron chi connectivity index (χ1n) is 6.90. The van der Waals surface area contributed by atoms with Gasteiger partial charge >= 0.3 is 5.97 Å². The van der Waals surface area contributed by atoms with E-state index in [4.69, 9.17) is 4.74 Å². The standard InChI is InChI=1S/C16H23NO4/c1-11-5-6-12(2)13(9-11)16(19)14(10-15(18)21-4)17-7-8-20-3/h5-6,9,14,17H,7-8,10H2,1-4H3. The van der Waals surface area contributed by atoms with E-state index in [0.717, 1.165) is 11.1 Å². The smallest absolute Gasteiger partial charge is 0.307 e. The molecule has 0 heterocycles. The van der Waals surface area contributed by atoms with E-state index < -0.39 is 12.0 Å². The SMILES string of the molecule is COCCNC(CC(=O)OC)C(=O)c1cc(C)ccc1C. The molecule has 1 rings (SSSR count). The topological polar surface area (TPSA) is 64.6 Å². The molecule has 0 saturated carbocycles. The molecule has 0 aliphatic rings. The number of aryl methyl sites for hydroxylation is 2. The maximum Gasteiger partial charge on any atom is 0.307 e. The highest BCUT2D eigenvalue weighted by Crippen LogP contribution is 2.14. The van der Waals surface area contributed by atoms with Crippen LogP contribution in [0.2, 0.25) is 0 Å². The summed E-state index contributed by atoms with van der Waals surface area (Å²) in [6.07, 6.45) is 0.00638. The zero-order valence-electron chi connectivity index (χ0n) is 13.1. The van der Waals surface area contributed by atoms with E-state index in [9.17, 15) is 9.59 Å². The zero-order chi connectivity index (χ0) is 15.8. The molecule has 0 fully saturated rings. The molecule has 0 saturated heterocycles. The van der Waals surface area contributed by atoms with E-state index in [1.165, 1.54) is 7.11 Å². The average Bonchev–Trinajstić information content (AvgIpc) is 2.48. The predicted octanol–water partition coefficient (Wildman–Crippen LogP) is 1.65. The van der Waals surface area contributed by atoms with Gasteiger partial charge in [-0.3, -0.25) is 9.59 Å². The number of hydrogen-bond acceptors (Lipinski definition) is 5.